The lowest BCUT2D eigenvalue weighted by Gasteiger charge is -2.17. The molecule has 1 aromatic rings. The average Bonchev–Trinajstić information content (AvgIpc) is 2.49. The predicted molar refractivity (Wildman–Crippen MR) is 54.4 cm³/mol. The van der Waals surface area contributed by atoms with E-state index in [-0.39, 0.29) is 6.17 Å². The number of azo groups is 1. The Balaban J connectivity index is 2.29. The summed E-state index contributed by atoms with van der Waals surface area (Å²) in [5.74, 6) is 0. The van der Waals surface area contributed by atoms with Crippen molar-refractivity contribution in [1.29, 1.82) is 0 Å². The van der Waals surface area contributed by atoms with Gasteiger partial charge in [-0.15, -0.1) is 5.11 Å². The summed E-state index contributed by atoms with van der Waals surface area (Å²) in [6.07, 6.45) is -0.0336. The van der Waals surface area contributed by atoms with E-state index in [2.05, 4.69) is 10.2 Å². The van der Waals surface area contributed by atoms with Gasteiger partial charge in [0.1, 0.15) is 0 Å². The first-order valence-corrected chi connectivity index (χ1v) is 4.42. The average molecular weight is 191 g/mol. The maximum atomic E-state index is 4.98. The van der Waals surface area contributed by atoms with Crippen LogP contribution in [-0.4, -0.2) is 17.1 Å². The summed E-state index contributed by atoms with van der Waals surface area (Å²) < 4.78 is 0. The van der Waals surface area contributed by atoms with Gasteiger partial charge in [0, 0.05) is 7.05 Å². The van der Waals surface area contributed by atoms with Gasteiger partial charge in [-0.25, -0.2) is 0 Å². The molecule has 1 unspecified atom stereocenters. The smallest absolute Gasteiger partial charge is 0.217 e. The summed E-state index contributed by atoms with van der Waals surface area (Å²) in [4.78, 5) is 1.88. The molecule has 1 aliphatic rings. The Hall–Kier alpha value is -1.29. The fourth-order valence-corrected chi connectivity index (χ4v) is 1.42. The monoisotopic (exact) mass is 191 g/mol. The SMILES string of the molecule is CN1C(=S)N=NC1c1ccccc1. The van der Waals surface area contributed by atoms with E-state index in [1.807, 2.05) is 42.3 Å². The Bertz CT molecular complexity index is 347. The highest BCUT2D eigenvalue weighted by atomic mass is 32.1. The Morgan fingerprint density at radius 2 is 2.00 bits per heavy atom. The molecule has 2 rings (SSSR count). The zero-order chi connectivity index (χ0) is 9.26. The molecule has 0 spiro atoms. The van der Waals surface area contributed by atoms with Gasteiger partial charge in [-0.2, -0.15) is 5.11 Å². The van der Waals surface area contributed by atoms with Crippen molar-refractivity contribution in [3.63, 3.8) is 0 Å². The van der Waals surface area contributed by atoms with Crippen molar-refractivity contribution in [2.45, 2.75) is 6.17 Å². The van der Waals surface area contributed by atoms with Crippen LogP contribution in [0.15, 0.2) is 40.6 Å². The van der Waals surface area contributed by atoms with Gasteiger partial charge in [-0.3, -0.25) is 0 Å². The summed E-state index contributed by atoms with van der Waals surface area (Å²) >= 11 is 4.98. The van der Waals surface area contributed by atoms with Gasteiger partial charge in [0.25, 0.3) is 0 Å². The molecule has 1 aliphatic heterocycles. The second kappa shape index (κ2) is 3.22. The second-order valence-electron chi connectivity index (χ2n) is 2.89. The zero-order valence-electron chi connectivity index (χ0n) is 7.21. The summed E-state index contributed by atoms with van der Waals surface area (Å²) in [6.45, 7) is 0. The van der Waals surface area contributed by atoms with Crippen molar-refractivity contribution < 1.29 is 0 Å². The molecule has 0 N–H and O–H groups in total. The molecule has 0 aromatic heterocycles. The number of benzene rings is 1. The van der Waals surface area contributed by atoms with Gasteiger partial charge in [0.2, 0.25) is 5.11 Å². The van der Waals surface area contributed by atoms with E-state index in [1.165, 1.54) is 0 Å². The summed E-state index contributed by atoms with van der Waals surface area (Å²) in [5.41, 5.74) is 1.12. The third-order valence-electron chi connectivity index (χ3n) is 2.02. The number of hydrogen-bond donors (Lipinski definition) is 0. The molecule has 1 heterocycles. The maximum Gasteiger partial charge on any atom is 0.217 e. The first-order chi connectivity index (χ1) is 6.29. The van der Waals surface area contributed by atoms with Crippen LogP contribution in [0.5, 0.6) is 0 Å². The highest BCUT2D eigenvalue weighted by Gasteiger charge is 2.23. The molecule has 0 saturated carbocycles. The molecule has 0 aliphatic carbocycles. The number of rotatable bonds is 1. The minimum Gasteiger partial charge on any atom is -0.322 e. The van der Waals surface area contributed by atoms with E-state index < -0.39 is 0 Å². The van der Waals surface area contributed by atoms with E-state index in [4.69, 9.17) is 12.2 Å². The Kier molecular flexibility index (Phi) is 2.06. The van der Waals surface area contributed by atoms with Crippen LogP contribution < -0.4 is 0 Å². The highest BCUT2D eigenvalue weighted by molar-refractivity contribution is 7.80. The van der Waals surface area contributed by atoms with Gasteiger partial charge >= 0.3 is 0 Å². The van der Waals surface area contributed by atoms with Crippen LogP contribution in [0, 0.1) is 0 Å². The fourth-order valence-electron chi connectivity index (χ4n) is 1.27. The van der Waals surface area contributed by atoms with Crippen LogP contribution in [0.3, 0.4) is 0 Å². The standard InChI is InChI=1S/C9H9N3S/c1-12-8(10-11-9(12)13)7-5-3-2-4-6-7/h2-6,8H,1H3. The van der Waals surface area contributed by atoms with Crippen LogP contribution in [-0.2, 0) is 0 Å². The molecule has 66 valence electrons. The molecule has 4 heteroatoms. The van der Waals surface area contributed by atoms with E-state index in [9.17, 15) is 0 Å². The summed E-state index contributed by atoms with van der Waals surface area (Å²) in [5, 5.41) is 8.48. The van der Waals surface area contributed by atoms with Crippen LogP contribution >= 0.6 is 12.2 Å². The highest BCUT2D eigenvalue weighted by Crippen LogP contribution is 2.26. The molecule has 0 saturated heterocycles. The molecule has 3 nitrogen and oxygen atoms in total. The topological polar surface area (TPSA) is 28.0 Å². The Morgan fingerprint density at radius 3 is 2.54 bits per heavy atom. The summed E-state index contributed by atoms with van der Waals surface area (Å²) in [6, 6.07) is 10.00. The van der Waals surface area contributed by atoms with Gasteiger partial charge in [0.05, 0.1) is 0 Å². The second-order valence-corrected chi connectivity index (χ2v) is 3.26. The molecule has 0 radical (unpaired) electrons. The van der Waals surface area contributed by atoms with Crippen molar-refractivity contribution in [2.24, 2.45) is 10.2 Å². The quantitative estimate of drug-likeness (QED) is 0.637. The van der Waals surface area contributed by atoms with E-state index in [1.54, 1.807) is 0 Å². The van der Waals surface area contributed by atoms with Crippen LogP contribution in [0.25, 0.3) is 0 Å². The molecule has 0 amide bonds. The first kappa shape index (κ1) is 8.31. The maximum absolute atomic E-state index is 4.98. The lowest BCUT2D eigenvalue weighted by molar-refractivity contribution is 0.414. The van der Waals surface area contributed by atoms with E-state index >= 15 is 0 Å². The molecule has 13 heavy (non-hydrogen) atoms. The van der Waals surface area contributed by atoms with Crippen molar-refractivity contribution in [3.05, 3.63) is 35.9 Å². The lowest BCUT2D eigenvalue weighted by atomic mass is 10.2. The molecule has 1 atom stereocenters. The third kappa shape index (κ3) is 1.45. The minimum atomic E-state index is -0.0336. The zero-order valence-corrected chi connectivity index (χ0v) is 8.03. The van der Waals surface area contributed by atoms with Crippen molar-refractivity contribution >= 4 is 17.3 Å². The molecule has 0 fully saturated rings. The normalized spacial score (nSPS) is 21.2. The Morgan fingerprint density at radius 1 is 1.31 bits per heavy atom. The third-order valence-corrected chi connectivity index (χ3v) is 2.39. The number of hydrogen-bond acceptors (Lipinski definition) is 2. The molecule has 1 aromatic carbocycles. The van der Waals surface area contributed by atoms with Gasteiger partial charge < -0.3 is 4.90 Å². The molecule has 0 bridgehead atoms. The fraction of sp³-hybridized carbons (Fsp3) is 0.222. The van der Waals surface area contributed by atoms with Crippen molar-refractivity contribution in [2.75, 3.05) is 7.05 Å². The lowest BCUT2D eigenvalue weighted by Crippen LogP contribution is -2.21. The van der Waals surface area contributed by atoms with Crippen LogP contribution in [0.2, 0.25) is 0 Å². The number of thiocarbonyl (C=S) groups is 1. The van der Waals surface area contributed by atoms with Gasteiger partial charge in [-0.1, -0.05) is 30.3 Å². The van der Waals surface area contributed by atoms with Crippen molar-refractivity contribution in [1.82, 2.24) is 4.90 Å². The van der Waals surface area contributed by atoms with Crippen molar-refractivity contribution in [3.8, 4) is 0 Å². The van der Waals surface area contributed by atoms with E-state index in [0.29, 0.717) is 5.11 Å². The predicted octanol–water partition coefficient (Wildman–Crippen LogP) is 2.37. The van der Waals surface area contributed by atoms with Crippen LogP contribution in [0.1, 0.15) is 11.7 Å². The minimum absolute atomic E-state index is 0.0336. The van der Waals surface area contributed by atoms with Gasteiger partial charge in [0.15, 0.2) is 6.17 Å². The first-order valence-electron chi connectivity index (χ1n) is 4.01. The van der Waals surface area contributed by atoms with Crippen LogP contribution in [0.4, 0.5) is 0 Å². The number of nitrogens with zero attached hydrogens (tertiary/aromatic N) is 3. The van der Waals surface area contributed by atoms with Gasteiger partial charge in [-0.05, 0) is 17.8 Å². The largest absolute Gasteiger partial charge is 0.322 e. The summed E-state index contributed by atoms with van der Waals surface area (Å²) in [7, 11) is 1.90. The molecular weight excluding hydrogens is 182 g/mol. The Labute approximate surface area is 82.1 Å². The molecular formula is C9H9N3S. The van der Waals surface area contributed by atoms with E-state index in [0.717, 1.165) is 5.56 Å².